The van der Waals surface area contributed by atoms with Crippen molar-refractivity contribution < 1.29 is 0 Å². The van der Waals surface area contributed by atoms with Crippen molar-refractivity contribution in [2.75, 3.05) is 0 Å². The van der Waals surface area contributed by atoms with E-state index in [0.717, 1.165) is 17.8 Å². The van der Waals surface area contributed by atoms with Crippen molar-refractivity contribution in [2.24, 2.45) is 5.84 Å². The SMILES string of the molecule is Cc1ccc(C(Cc2csc3ccccc23)NN)c(C)n1. The first-order chi connectivity index (χ1) is 10.2. The molecule has 0 saturated carbocycles. The Kier molecular flexibility index (Phi) is 4.01. The number of nitrogens with two attached hydrogens (primary N) is 1. The Hall–Kier alpha value is -1.75. The summed E-state index contributed by atoms with van der Waals surface area (Å²) in [7, 11) is 0. The Bertz CT molecular complexity index is 764. The van der Waals surface area contributed by atoms with Crippen molar-refractivity contribution >= 4 is 21.4 Å². The summed E-state index contributed by atoms with van der Waals surface area (Å²) >= 11 is 1.78. The van der Waals surface area contributed by atoms with E-state index in [2.05, 4.69) is 46.1 Å². The van der Waals surface area contributed by atoms with Crippen molar-refractivity contribution in [1.29, 1.82) is 0 Å². The number of rotatable bonds is 4. The fourth-order valence-electron chi connectivity index (χ4n) is 2.74. The third-order valence-corrected chi connectivity index (χ3v) is 4.84. The molecule has 1 unspecified atom stereocenters. The second-order valence-electron chi connectivity index (χ2n) is 5.31. The number of hydrogen-bond donors (Lipinski definition) is 2. The Morgan fingerprint density at radius 1 is 1.19 bits per heavy atom. The van der Waals surface area contributed by atoms with E-state index in [4.69, 9.17) is 5.84 Å². The normalized spacial score (nSPS) is 12.7. The fraction of sp³-hybridized carbons (Fsp3) is 0.235. The van der Waals surface area contributed by atoms with Gasteiger partial charge in [-0.05, 0) is 54.3 Å². The second-order valence-corrected chi connectivity index (χ2v) is 6.22. The highest BCUT2D eigenvalue weighted by Crippen LogP contribution is 2.29. The Labute approximate surface area is 128 Å². The van der Waals surface area contributed by atoms with Crippen LogP contribution in [0, 0.1) is 13.8 Å². The summed E-state index contributed by atoms with van der Waals surface area (Å²) in [5, 5.41) is 3.55. The summed E-state index contributed by atoms with van der Waals surface area (Å²) in [6.45, 7) is 4.05. The summed E-state index contributed by atoms with van der Waals surface area (Å²) in [4.78, 5) is 4.54. The van der Waals surface area contributed by atoms with Crippen molar-refractivity contribution in [2.45, 2.75) is 26.3 Å². The molecule has 3 rings (SSSR count). The lowest BCUT2D eigenvalue weighted by Crippen LogP contribution is -2.30. The zero-order valence-corrected chi connectivity index (χ0v) is 13.1. The Morgan fingerprint density at radius 2 is 2.00 bits per heavy atom. The maximum atomic E-state index is 5.80. The van der Waals surface area contributed by atoms with Crippen LogP contribution < -0.4 is 11.3 Å². The molecule has 0 aliphatic carbocycles. The zero-order valence-electron chi connectivity index (χ0n) is 12.3. The average molecular weight is 297 g/mol. The minimum absolute atomic E-state index is 0.0797. The first kappa shape index (κ1) is 14.2. The standard InChI is InChI=1S/C17H19N3S/c1-11-7-8-14(12(2)19-11)16(20-18)9-13-10-21-17-6-4-3-5-15(13)17/h3-8,10,16,20H,9,18H2,1-2H3. The van der Waals surface area contributed by atoms with Gasteiger partial charge in [0.2, 0.25) is 0 Å². The number of aromatic nitrogens is 1. The van der Waals surface area contributed by atoms with Crippen LogP contribution in [0.2, 0.25) is 0 Å². The molecule has 4 heteroatoms. The van der Waals surface area contributed by atoms with Gasteiger partial charge < -0.3 is 0 Å². The molecule has 21 heavy (non-hydrogen) atoms. The fourth-order valence-corrected chi connectivity index (χ4v) is 3.71. The minimum Gasteiger partial charge on any atom is -0.271 e. The molecule has 0 spiro atoms. The first-order valence-electron chi connectivity index (χ1n) is 7.04. The third-order valence-electron chi connectivity index (χ3n) is 3.83. The van der Waals surface area contributed by atoms with Gasteiger partial charge in [0.05, 0.1) is 6.04 Å². The van der Waals surface area contributed by atoms with Crippen LogP contribution in [0.25, 0.3) is 10.1 Å². The van der Waals surface area contributed by atoms with Crippen LogP contribution >= 0.6 is 11.3 Å². The van der Waals surface area contributed by atoms with Gasteiger partial charge in [-0.25, -0.2) is 0 Å². The van der Waals surface area contributed by atoms with Gasteiger partial charge in [-0.3, -0.25) is 16.3 Å². The van der Waals surface area contributed by atoms with Gasteiger partial charge in [0.1, 0.15) is 0 Å². The predicted molar refractivity (Wildman–Crippen MR) is 89.3 cm³/mol. The molecule has 0 bridgehead atoms. The number of fused-ring (bicyclic) bond motifs is 1. The molecule has 3 nitrogen and oxygen atoms in total. The van der Waals surface area contributed by atoms with Crippen LogP contribution in [0.5, 0.6) is 0 Å². The van der Waals surface area contributed by atoms with Gasteiger partial charge in [-0.15, -0.1) is 11.3 Å². The number of nitrogens with zero attached hydrogens (tertiary/aromatic N) is 1. The number of aryl methyl sites for hydroxylation is 2. The number of nitrogens with one attached hydrogen (secondary N) is 1. The number of thiophene rings is 1. The molecule has 0 amide bonds. The molecule has 1 atom stereocenters. The van der Waals surface area contributed by atoms with Crippen LogP contribution in [0.4, 0.5) is 0 Å². The van der Waals surface area contributed by atoms with Gasteiger partial charge in [0.25, 0.3) is 0 Å². The molecule has 3 N–H and O–H groups in total. The number of hydrazine groups is 1. The van der Waals surface area contributed by atoms with Crippen LogP contribution in [0.3, 0.4) is 0 Å². The van der Waals surface area contributed by atoms with E-state index < -0.39 is 0 Å². The predicted octanol–water partition coefficient (Wildman–Crippen LogP) is 3.66. The average Bonchev–Trinajstić information content (AvgIpc) is 2.89. The highest BCUT2D eigenvalue weighted by Gasteiger charge is 2.16. The first-order valence-corrected chi connectivity index (χ1v) is 7.92. The number of hydrogen-bond acceptors (Lipinski definition) is 4. The van der Waals surface area contributed by atoms with Crippen LogP contribution in [0.15, 0.2) is 41.8 Å². The molecule has 0 radical (unpaired) electrons. The molecular weight excluding hydrogens is 278 g/mol. The smallest absolute Gasteiger partial charge is 0.0518 e. The highest BCUT2D eigenvalue weighted by atomic mass is 32.1. The van der Waals surface area contributed by atoms with E-state index in [0.29, 0.717) is 0 Å². The second kappa shape index (κ2) is 5.93. The molecule has 2 aromatic heterocycles. The molecule has 108 valence electrons. The van der Waals surface area contributed by atoms with Crippen molar-refractivity contribution in [3.8, 4) is 0 Å². The molecule has 1 aromatic carbocycles. The summed E-state index contributed by atoms with van der Waals surface area (Å²) in [5.41, 5.74) is 7.52. The van der Waals surface area contributed by atoms with Gasteiger partial charge in [-0.1, -0.05) is 24.3 Å². The lowest BCUT2D eigenvalue weighted by atomic mass is 9.98. The van der Waals surface area contributed by atoms with E-state index in [1.54, 1.807) is 11.3 Å². The Morgan fingerprint density at radius 3 is 2.76 bits per heavy atom. The van der Waals surface area contributed by atoms with Crippen molar-refractivity contribution in [1.82, 2.24) is 10.4 Å². The summed E-state index contributed by atoms with van der Waals surface area (Å²) < 4.78 is 1.32. The Balaban J connectivity index is 1.94. The highest BCUT2D eigenvalue weighted by molar-refractivity contribution is 7.17. The summed E-state index contributed by atoms with van der Waals surface area (Å²) in [6.07, 6.45) is 0.867. The van der Waals surface area contributed by atoms with E-state index in [-0.39, 0.29) is 6.04 Å². The topological polar surface area (TPSA) is 50.9 Å². The van der Waals surface area contributed by atoms with Crippen molar-refractivity contribution in [3.05, 3.63) is 64.3 Å². The molecule has 0 fully saturated rings. The lowest BCUT2D eigenvalue weighted by molar-refractivity contribution is 0.548. The maximum Gasteiger partial charge on any atom is 0.0518 e. The molecule has 3 aromatic rings. The minimum atomic E-state index is 0.0797. The monoisotopic (exact) mass is 297 g/mol. The van der Waals surface area contributed by atoms with E-state index >= 15 is 0 Å². The van der Waals surface area contributed by atoms with Gasteiger partial charge in [-0.2, -0.15) is 0 Å². The van der Waals surface area contributed by atoms with Gasteiger partial charge >= 0.3 is 0 Å². The molecule has 0 aliphatic heterocycles. The number of pyridine rings is 1. The largest absolute Gasteiger partial charge is 0.271 e. The van der Waals surface area contributed by atoms with Crippen LogP contribution in [0.1, 0.15) is 28.6 Å². The van der Waals surface area contributed by atoms with E-state index in [9.17, 15) is 0 Å². The molecule has 0 aliphatic rings. The molecule has 2 heterocycles. The van der Waals surface area contributed by atoms with Gasteiger partial charge in [0.15, 0.2) is 0 Å². The lowest BCUT2D eigenvalue weighted by Gasteiger charge is -2.18. The van der Waals surface area contributed by atoms with Gasteiger partial charge in [0, 0.05) is 16.1 Å². The van der Waals surface area contributed by atoms with Crippen LogP contribution in [-0.4, -0.2) is 4.98 Å². The number of benzene rings is 1. The maximum absolute atomic E-state index is 5.80. The quantitative estimate of drug-likeness (QED) is 0.571. The van der Waals surface area contributed by atoms with E-state index in [1.807, 2.05) is 19.9 Å². The zero-order chi connectivity index (χ0) is 14.8. The van der Waals surface area contributed by atoms with Crippen molar-refractivity contribution in [3.63, 3.8) is 0 Å². The molecular formula is C17H19N3S. The third kappa shape index (κ3) is 2.83. The molecule has 0 saturated heterocycles. The summed E-state index contributed by atoms with van der Waals surface area (Å²) in [5.74, 6) is 5.80. The summed E-state index contributed by atoms with van der Waals surface area (Å²) in [6, 6.07) is 12.7. The van der Waals surface area contributed by atoms with Crippen LogP contribution in [-0.2, 0) is 6.42 Å². The van der Waals surface area contributed by atoms with E-state index in [1.165, 1.54) is 21.2 Å².